The maximum Gasteiger partial charge on any atom is 0.269 e. The first-order chi connectivity index (χ1) is 14.0. The van der Waals surface area contributed by atoms with Gasteiger partial charge in [-0.1, -0.05) is 12.1 Å². The number of amidine groups is 1. The molecule has 8 nitrogen and oxygen atoms in total. The zero-order valence-corrected chi connectivity index (χ0v) is 17.5. The average Bonchev–Trinajstić information content (AvgIpc) is 2.68. The fourth-order valence-electron chi connectivity index (χ4n) is 2.54. The highest BCUT2D eigenvalue weighted by Crippen LogP contribution is 2.23. The minimum absolute atomic E-state index is 0.0182. The summed E-state index contributed by atoms with van der Waals surface area (Å²) in [6, 6.07) is 7.80. The van der Waals surface area contributed by atoms with Gasteiger partial charge in [0.25, 0.3) is 5.69 Å². The van der Waals surface area contributed by atoms with Crippen molar-refractivity contribution in [2.45, 2.75) is 11.7 Å². The lowest BCUT2D eigenvalue weighted by Crippen LogP contribution is -2.29. The molecule has 0 spiro atoms. The van der Waals surface area contributed by atoms with Crippen molar-refractivity contribution in [1.82, 2.24) is 0 Å². The molecule has 1 atom stereocenters. The van der Waals surface area contributed by atoms with Crippen LogP contribution in [0.2, 0.25) is 0 Å². The predicted octanol–water partition coefficient (Wildman–Crippen LogP) is 2.82. The first-order valence-electron chi connectivity index (χ1n) is 8.55. The van der Waals surface area contributed by atoms with Gasteiger partial charge in [-0.15, -0.1) is 0 Å². The molecular weight excluding hydrogens is 420 g/mol. The highest BCUT2D eigenvalue weighted by atomic mass is 32.2. The lowest BCUT2D eigenvalue weighted by Gasteiger charge is -2.17. The van der Waals surface area contributed by atoms with Crippen molar-refractivity contribution in [3.63, 3.8) is 0 Å². The van der Waals surface area contributed by atoms with Gasteiger partial charge in [-0.3, -0.25) is 15.1 Å². The van der Waals surface area contributed by atoms with E-state index in [-0.39, 0.29) is 11.4 Å². The molecule has 0 amide bonds. The number of nitro groups is 1. The predicted molar refractivity (Wildman–Crippen MR) is 110 cm³/mol. The fourth-order valence-corrected chi connectivity index (χ4v) is 4.22. The summed E-state index contributed by atoms with van der Waals surface area (Å²) in [7, 11) is 0.708. The number of hydrogen-bond acceptors (Lipinski definition) is 6. The Bertz CT molecular complexity index is 996. The van der Waals surface area contributed by atoms with Crippen LogP contribution in [0.1, 0.15) is 17.0 Å². The summed E-state index contributed by atoms with van der Waals surface area (Å²) in [5.41, 5.74) is 5.52. The number of nitro benzene ring substituents is 1. The second kappa shape index (κ2) is 11.3. The Hall–Kier alpha value is -2.92. The van der Waals surface area contributed by atoms with Crippen molar-refractivity contribution >= 4 is 21.4 Å². The number of nitrogens with zero attached hydrogens (tertiary/aromatic N) is 2. The van der Waals surface area contributed by atoms with Crippen molar-refractivity contribution in [2.75, 3.05) is 27.0 Å². The van der Waals surface area contributed by atoms with Gasteiger partial charge in [0.15, 0.2) is 9.84 Å². The Morgan fingerprint density at radius 3 is 2.27 bits per heavy atom. The minimum atomic E-state index is -3.93. The van der Waals surface area contributed by atoms with Crippen molar-refractivity contribution in [1.29, 1.82) is 0 Å². The largest absolute Gasteiger partial charge is 0.388 e. The smallest absolute Gasteiger partial charge is 0.269 e. The van der Waals surface area contributed by atoms with E-state index in [0.29, 0.717) is 5.56 Å². The van der Waals surface area contributed by atoms with E-state index >= 15 is 0 Å². The van der Waals surface area contributed by atoms with Crippen LogP contribution in [0.4, 0.5) is 14.5 Å². The van der Waals surface area contributed by atoms with Crippen LogP contribution in [0.25, 0.3) is 0 Å². The molecule has 0 aromatic heterocycles. The normalized spacial score (nSPS) is 12.6. The van der Waals surface area contributed by atoms with Crippen LogP contribution in [0.5, 0.6) is 0 Å². The molecule has 0 radical (unpaired) electrons. The van der Waals surface area contributed by atoms with Crippen LogP contribution < -0.4 is 5.73 Å². The second-order valence-corrected chi connectivity index (χ2v) is 8.36. The first kappa shape index (κ1) is 25.1. The Kier molecular flexibility index (Phi) is 9.47. The van der Waals surface area contributed by atoms with Gasteiger partial charge < -0.3 is 10.5 Å². The van der Waals surface area contributed by atoms with Crippen LogP contribution in [0.3, 0.4) is 0 Å². The standard InChI is InChI=1S/C17H17F2N3O4S.C2H6O/c1-21-17(20)15(11-2-4-13(18)5-3-11)10-27(25,26)9-12-8-14(22(23)24)6-7-16(12)19;1-3-2/h2-8,15H,9-10H2,1H3,(H2,20,21);1-2H3. The molecule has 11 heteroatoms. The Morgan fingerprint density at radius 1 is 1.20 bits per heavy atom. The van der Waals surface area contributed by atoms with Gasteiger partial charge in [0.1, 0.15) is 17.5 Å². The van der Waals surface area contributed by atoms with Crippen molar-refractivity contribution in [2.24, 2.45) is 10.7 Å². The monoisotopic (exact) mass is 443 g/mol. The highest BCUT2D eigenvalue weighted by Gasteiger charge is 2.26. The van der Waals surface area contributed by atoms with Crippen LogP contribution in [-0.4, -0.2) is 46.2 Å². The fraction of sp³-hybridized carbons (Fsp3) is 0.316. The molecule has 2 aromatic rings. The van der Waals surface area contributed by atoms with Gasteiger partial charge in [0.05, 0.1) is 22.3 Å². The number of benzene rings is 2. The van der Waals surface area contributed by atoms with Crippen LogP contribution in [-0.2, 0) is 20.3 Å². The molecule has 0 aliphatic heterocycles. The molecule has 0 heterocycles. The quantitative estimate of drug-likeness (QED) is 0.304. The summed E-state index contributed by atoms with van der Waals surface area (Å²) >= 11 is 0. The molecule has 2 N–H and O–H groups in total. The number of hydrogen-bond donors (Lipinski definition) is 1. The Morgan fingerprint density at radius 2 is 1.77 bits per heavy atom. The number of ether oxygens (including phenoxy) is 1. The van der Waals surface area contributed by atoms with Crippen molar-refractivity contribution < 1.29 is 26.9 Å². The van der Waals surface area contributed by atoms with Crippen LogP contribution in [0, 0.1) is 21.7 Å². The SMILES string of the molecule is CN=C(N)C(CS(=O)(=O)Cc1cc([N+](=O)[O-])ccc1F)c1ccc(F)cc1.COC. The van der Waals surface area contributed by atoms with Crippen molar-refractivity contribution in [3.8, 4) is 0 Å². The highest BCUT2D eigenvalue weighted by molar-refractivity contribution is 7.90. The summed E-state index contributed by atoms with van der Waals surface area (Å²) < 4.78 is 56.5. The summed E-state index contributed by atoms with van der Waals surface area (Å²) in [5.74, 6) is -3.45. The molecule has 164 valence electrons. The molecular formula is C19H23F2N3O5S. The topological polar surface area (TPSA) is 125 Å². The third kappa shape index (κ3) is 7.48. The molecule has 30 heavy (non-hydrogen) atoms. The minimum Gasteiger partial charge on any atom is -0.388 e. The number of methoxy groups -OCH3 is 1. The van der Waals surface area contributed by atoms with E-state index in [1.807, 2.05) is 0 Å². The lowest BCUT2D eigenvalue weighted by molar-refractivity contribution is -0.385. The van der Waals surface area contributed by atoms with Gasteiger partial charge in [-0.25, -0.2) is 17.2 Å². The summed E-state index contributed by atoms with van der Waals surface area (Å²) in [5, 5.41) is 10.8. The van der Waals surface area contributed by atoms with Crippen LogP contribution >= 0.6 is 0 Å². The van der Waals surface area contributed by atoms with Crippen LogP contribution in [0.15, 0.2) is 47.5 Å². The zero-order chi connectivity index (χ0) is 22.9. The van der Waals surface area contributed by atoms with E-state index in [4.69, 9.17) is 5.73 Å². The summed E-state index contributed by atoms with van der Waals surface area (Å²) in [4.78, 5) is 13.9. The molecule has 0 saturated carbocycles. The van der Waals surface area contributed by atoms with Gasteiger partial charge in [0, 0.05) is 39.0 Å². The average molecular weight is 443 g/mol. The lowest BCUT2D eigenvalue weighted by atomic mass is 10.00. The number of rotatable bonds is 7. The van der Waals surface area contributed by atoms with Gasteiger partial charge >= 0.3 is 0 Å². The van der Waals surface area contributed by atoms with E-state index in [0.717, 1.165) is 30.3 Å². The number of halogens is 2. The molecule has 1 unspecified atom stereocenters. The maximum atomic E-state index is 13.9. The number of nitrogens with two attached hydrogens (primary N) is 1. The maximum absolute atomic E-state index is 13.9. The molecule has 2 aromatic carbocycles. The molecule has 0 aliphatic carbocycles. The number of aliphatic imine (C=N–C) groups is 1. The first-order valence-corrected chi connectivity index (χ1v) is 10.4. The molecule has 0 bridgehead atoms. The third-order valence-corrected chi connectivity index (χ3v) is 5.52. The molecule has 0 saturated heterocycles. The zero-order valence-electron chi connectivity index (χ0n) is 16.7. The molecule has 0 aliphatic rings. The Balaban J connectivity index is 0.00000141. The van der Waals surface area contributed by atoms with E-state index in [1.54, 1.807) is 14.2 Å². The van der Waals surface area contributed by atoms with Gasteiger partial charge in [-0.05, 0) is 23.8 Å². The number of non-ortho nitro benzene ring substituents is 1. The second-order valence-electron chi connectivity index (χ2n) is 6.25. The summed E-state index contributed by atoms with van der Waals surface area (Å²) in [6.07, 6.45) is 0. The van der Waals surface area contributed by atoms with E-state index < -0.39 is 49.5 Å². The van der Waals surface area contributed by atoms with Gasteiger partial charge in [0.2, 0.25) is 0 Å². The summed E-state index contributed by atoms with van der Waals surface area (Å²) in [6.45, 7) is 0. The molecule has 0 fully saturated rings. The Labute approximate surface area is 173 Å². The van der Waals surface area contributed by atoms with E-state index in [2.05, 4.69) is 9.73 Å². The number of sulfone groups is 1. The molecule has 2 rings (SSSR count). The van der Waals surface area contributed by atoms with E-state index in [9.17, 15) is 27.3 Å². The van der Waals surface area contributed by atoms with E-state index in [1.165, 1.54) is 19.2 Å². The van der Waals surface area contributed by atoms with Gasteiger partial charge in [-0.2, -0.15) is 0 Å². The van der Waals surface area contributed by atoms with Crippen molar-refractivity contribution in [3.05, 3.63) is 75.3 Å². The third-order valence-electron chi connectivity index (χ3n) is 3.92.